The van der Waals surface area contributed by atoms with E-state index in [0.29, 0.717) is 17.0 Å². The van der Waals surface area contributed by atoms with Gasteiger partial charge >= 0.3 is 0 Å². The molecule has 166 valence electrons. The normalized spacial score (nSPS) is 18.1. The smallest absolute Gasteiger partial charge is 0.219 e. The zero-order valence-electron chi connectivity index (χ0n) is 18.2. The van der Waals surface area contributed by atoms with E-state index in [1.807, 2.05) is 23.4 Å². The first-order valence-corrected chi connectivity index (χ1v) is 11.8. The van der Waals surface area contributed by atoms with Gasteiger partial charge in [-0.3, -0.25) is 9.78 Å². The molecule has 0 radical (unpaired) electrons. The summed E-state index contributed by atoms with van der Waals surface area (Å²) < 4.78 is 0. The highest BCUT2D eigenvalue weighted by atomic mass is 35.5. The Labute approximate surface area is 189 Å². The highest BCUT2D eigenvalue weighted by Crippen LogP contribution is 2.31. The molecule has 0 unspecified atom stereocenters. The Hall–Kier alpha value is -2.34. The molecule has 1 aliphatic heterocycles. The largest absolute Gasteiger partial charge is 0.384 e. The average molecular weight is 442 g/mol. The fourth-order valence-corrected chi connectivity index (χ4v) is 4.81. The number of carbonyl (C=O) groups is 1. The number of rotatable bonds is 6. The Bertz CT molecular complexity index is 891. The molecular weight excluding hydrogens is 410 g/mol. The van der Waals surface area contributed by atoms with Crippen molar-refractivity contribution in [2.45, 2.75) is 57.9 Å². The van der Waals surface area contributed by atoms with Crippen LogP contribution in [0, 0.1) is 5.92 Å². The maximum atomic E-state index is 11.5. The number of aromatic nitrogens is 2. The van der Waals surface area contributed by atoms with Gasteiger partial charge in [0.1, 0.15) is 5.82 Å². The summed E-state index contributed by atoms with van der Waals surface area (Å²) in [5.41, 5.74) is 2.91. The van der Waals surface area contributed by atoms with E-state index in [4.69, 9.17) is 11.6 Å². The summed E-state index contributed by atoms with van der Waals surface area (Å²) >= 11 is 6.49. The lowest BCUT2D eigenvalue weighted by atomic mass is 9.95. The Morgan fingerprint density at radius 1 is 1.10 bits per heavy atom. The van der Waals surface area contributed by atoms with E-state index >= 15 is 0 Å². The molecule has 7 heteroatoms. The summed E-state index contributed by atoms with van der Waals surface area (Å²) in [6, 6.07) is 4.63. The zero-order chi connectivity index (χ0) is 21.6. The second-order valence-corrected chi connectivity index (χ2v) is 9.23. The monoisotopic (exact) mass is 441 g/mol. The lowest BCUT2D eigenvalue weighted by molar-refractivity contribution is -0.130. The van der Waals surface area contributed by atoms with Gasteiger partial charge < -0.3 is 15.5 Å². The Morgan fingerprint density at radius 2 is 1.87 bits per heavy atom. The van der Waals surface area contributed by atoms with Crippen LogP contribution in [0.3, 0.4) is 0 Å². The molecule has 1 amide bonds. The highest BCUT2D eigenvalue weighted by molar-refractivity contribution is 6.33. The number of nitrogens with zero attached hydrogens (tertiary/aromatic N) is 3. The van der Waals surface area contributed by atoms with Gasteiger partial charge in [-0.1, -0.05) is 30.9 Å². The molecule has 0 aromatic carbocycles. The fourth-order valence-electron chi connectivity index (χ4n) is 4.59. The van der Waals surface area contributed by atoms with E-state index in [1.165, 1.54) is 32.1 Å². The van der Waals surface area contributed by atoms with Crippen molar-refractivity contribution in [1.82, 2.24) is 14.9 Å². The molecule has 1 aliphatic carbocycles. The number of anilines is 2. The van der Waals surface area contributed by atoms with Gasteiger partial charge in [0.05, 0.1) is 10.7 Å². The third kappa shape index (κ3) is 5.88. The van der Waals surface area contributed by atoms with Gasteiger partial charge in [-0.2, -0.15) is 0 Å². The third-order valence-electron chi connectivity index (χ3n) is 6.52. The summed E-state index contributed by atoms with van der Waals surface area (Å²) in [7, 11) is 0. The van der Waals surface area contributed by atoms with Crippen LogP contribution in [0.4, 0.5) is 11.5 Å². The Morgan fingerprint density at radius 3 is 2.61 bits per heavy atom. The molecule has 1 saturated carbocycles. The van der Waals surface area contributed by atoms with Crippen molar-refractivity contribution in [3.05, 3.63) is 35.7 Å². The SMILES string of the molecule is CC(=O)N1CCC(CNc2cncc(-c3cc(NC4CCCCC4)ncc3Cl)c2)CC1. The van der Waals surface area contributed by atoms with Crippen LogP contribution in [0.1, 0.15) is 51.9 Å². The fraction of sp³-hybridized carbons (Fsp3) is 0.542. The number of hydrogen-bond acceptors (Lipinski definition) is 5. The summed E-state index contributed by atoms with van der Waals surface area (Å²) in [6.45, 7) is 4.23. The third-order valence-corrected chi connectivity index (χ3v) is 6.82. The average Bonchev–Trinajstić information content (AvgIpc) is 2.80. The van der Waals surface area contributed by atoms with Crippen LogP contribution < -0.4 is 10.6 Å². The van der Waals surface area contributed by atoms with Gasteiger partial charge in [-0.05, 0) is 43.7 Å². The molecule has 0 bridgehead atoms. The van der Waals surface area contributed by atoms with Gasteiger partial charge in [0.25, 0.3) is 0 Å². The van der Waals surface area contributed by atoms with Crippen molar-refractivity contribution in [1.29, 1.82) is 0 Å². The maximum absolute atomic E-state index is 11.5. The number of piperidine rings is 1. The molecule has 6 nitrogen and oxygen atoms in total. The first kappa shape index (κ1) is 21.9. The van der Waals surface area contributed by atoms with Crippen molar-refractivity contribution in [3.63, 3.8) is 0 Å². The Balaban J connectivity index is 1.39. The minimum Gasteiger partial charge on any atom is -0.384 e. The van der Waals surface area contributed by atoms with E-state index < -0.39 is 0 Å². The number of halogens is 1. The van der Waals surface area contributed by atoms with Crippen molar-refractivity contribution in [2.24, 2.45) is 5.92 Å². The van der Waals surface area contributed by atoms with Crippen LogP contribution in [0.5, 0.6) is 0 Å². The molecule has 3 heterocycles. The van der Waals surface area contributed by atoms with Crippen molar-refractivity contribution in [3.8, 4) is 11.1 Å². The first-order valence-electron chi connectivity index (χ1n) is 11.5. The summed E-state index contributed by atoms with van der Waals surface area (Å²) in [5, 5.41) is 7.74. The van der Waals surface area contributed by atoms with Crippen LogP contribution in [0.2, 0.25) is 5.02 Å². The number of carbonyl (C=O) groups excluding carboxylic acids is 1. The molecule has 2 fully saturated rings. The molecule has 2 aromatic heterocycles. The minimum atomic E-state index is 0.176. The van der Waals surface area contributed by atoms with Crippen LogP contribution in [0.15, 0.2) is 30.7 Å². The maximum Gasteiger partial charge on any atom is 0.219 e. The molecule has 1 saturated heterocycles. The van der Waals surface area contributed by atoms with E-state index in [9.17, 15) is 4.79 Å². The van der Waals surface area contributed by atoms with Crippen LogP contribution in [0.25, 0.3) is 11.1 Å². The summed E-state index contributed by atoms with van der Waals surface area (Å²) in [5.74, 6) is 1.62. The molecule has 4 rings (SSSR count). The second-order valence-electron chi connectivity index (χ2n) is 8.82. The summed E-state index contributed by atoms with van der Waals surface area (Å²) in [4.78, 5) is 22.4. The minimum absolute atomic E-state index is 0.176. The van der Waals surface area contributed by atoms with E-state index in [2.05, 4.69) is 26.7 Å². The van der Waals surface area contributed by atoms with Crippen LogP contribution >= 0.6 is 11.6 Å². The lowest BCUT2D eigenvalue weighted by Crippen LogP contribution is -2.38. The van der Waals surface area contributed by atoms with E-state index in [1.54, 1.807) is 13.1 Å². The quantitative estimate of drug-likeness (QED) is 0.643. The number of pyridine rings is 2. The molecule has 0 spiro atoms. The van der Waals surface area contributed by atoms with Gasteiger partial charge in [0.2, 0.25) is 5.91 Å². The standard InChI is InChI=1S/C24H32ClN5O/c1-17(31)30-9-7-18(8-10-30)13-27-21-11-19(14-26-15-21)22-12-24(28-16-23(22)25)29-20-5-3-2-4-6-20/h11-12,14-16,18,20,27H,2-10,13H2,1H3,(H,28,29). The number of amides is 1. The second kappa shape index (κ2) is 10.3. The van der Waals surface area contributed by atoms with Gasteiger partial charge in [0.15, 0.2) is 0 Å². The lowest BCUT2D eigenvalue weighted by Gasteiger charge is -2.31. The molecule has 2 aromatic rings. The Kier molecular flexibility index (Phi) is 7.28. The van der Waals surface area contributed by atoms with E-state index in [0.717, 1.165) is 55.1 Å². The van der Waals surface area contributed by atoms with Crippen molar-refractivity contribution < 1.29 is 4.79 Å². The van der Waals surface area contributed by atoms with Crippen LogP contribution in [-0.4, -0.2) is 46.5 Å². The number of likely N-dealkylation sites (tertiary alicyclic amines) is 1. The van der Waals surface area contributed by atoms with Gasteiger partial charge in [0, 0.05) is 62.3 Å². The van der Waals surface area contributed by atoms with Crippen molar-refractivity contribution >= 4 is 29.0 Å². The molecule has 0 atom stereocenters. The highest BCUT2D eigenvalue weighted by Gasteiger charge is 2.20. The van der Waals surface area contributed by atoms with Gasteiger partial charge in [-0.15, -0.1) is 0 Å². The first-order chi connectivity index (χ1) is 15.1. The number of nitrogens with one attached hydrogen (secondary N) is 2. The van der Waals surface area contributed by atoms with Gasteiger partial charge in [-0.25, -0.2) is 4.98 Å². The number of hydrogen-bond donors (Lipinski definition) is 2. The predicted molar refractivity (Wildman–Crippen MR) is 126 cm³/mol. The van der Waals surface area contributed by atoms with Crippen LogP contribution in [-0.2, 0) is 4.79 Å². The van der Waals surface area contributed by atoms with Crippen molar-refractivity contribution in [2.75, 3.05) is 30.3 Å². The molecular formula is C24H32ClN5O. The zero-order valence-corrected chi connectivity index (χ0v) is 19.0. The molecule has 2 aliphatic rings. The summed E-state index contributed by atoms with van der Waals surface area (Å²) in [6.07, 6.45) is 13.8. The predicted octanol–water partition coefficient (Wildman–Crippen LogP) is 5.21. The molecule has 2 N–H and O–H groups in total. The molecule has 31 heavy (non-hydrogen) atoms. The van der Waals surface area contributed by atoms with E-state index in [-0.39, 0.29) is 5.91 Å². The topological polar surface area (TPSA) is 70.2 Å².